The highest BCUT2D eigenvalue weighted by molar-refractivity contribution is 6.09. The molecule has 0 bridgehead atoms. The Morgan fingerprint density at radius 1 is 0.708 bits per heavy atom. The Bertz CT molecular complexity index is 2320. The minimum atomic E-state index is 0.309. The van der Waals surface area contributed by atoms with Gasteiger partial charge in [-0.25, -0.2) is 9.67 Å². The monoisotopic (exact) mass is 633 g/mol. The molecule has 0 aliphatic rings. The minimum absolute atomic E-state index is 0.309. The molecule has 242 valence electrons. The van der Waals surface area contributed by atoms with Crippen LogP contribution in [-0.4, -0.2) is 33.4 Å². The standard InChI is InChI=1S/C42H43N5O/c1-25(2)31-21-33(47-30(7)42(29(6)44-47)41-27(4)19-32(45(8)9)20-28(41)5)23-35(22-31)48-34-14-15-37-36-12-10-11-13-38(36)46(39(37)24-34)40-18-26(3)16-17-43-40/h10-25H,1-9H3. The van der Waals surface area contributed by atoms with E-state index in [2.05, 4.69) is 156 Å². The maximum Gasteiger partial charge on any atom is 0.137 e. The molecule has 4 aromatic carbocycles. The molecule has 0 radical (unpaired) electrons. The highest BCUT2D eigenvalue weighted by atomic mass is 16.5. The van der Waals surface area contributed by atoms with Gasteiger partial charge in [0.15, 0.2) is 0 Å². The Morgan fingerprint density at radius 3 is 2.15 bits per heavy atom. The number of hydrogen-bond acceptors (Lipinski definition) is 4. The number of rotatable bonds is 7. The molecule has 0 spiro atoms. The first-order valence-electron chi connectivity index (χ1n) is 16.6. The molecular weight excluding hydrogens is 590 g/mol. The number of para-hydroxylation sites is 1. The van der Waals surface area contributed by atoms with Crippen molar-refractivity contribution in [2.75, 3.05) is 19.0 Å². The number of fused-ring (bicyclic) bond motifs is 3. The van der Waals surface area contributed by atoms with Gasteiger partial charge in [0.25, 0.3) is 0 Å². The van der Waals surface area contributed by atoms with Crippen molar-refractivity contribution in [2.24, 2.45) is 0 Å². The fraction of sp³-hybridized carbons (Fsp3) is 0.238. The molecule has 6 nitrogen and oxygen atoms in total. The normalized spacial score (nSPS) is 11.6. The van der Waals surface area contributed by atoms with Crippen LogP contribution in [0.15, 0.2) is 91.1 Å². The molecule has 0 unspecified atom stereocenters. The van der Waals surface area contributed by atoms with Crippen LogP contribution in [0.2, 0.25) is 0 Å². The average molecular weight is 634 g/mol. The van der Waals surface area contributed by atoms with Crippen molar-refractivity contribution in [1.82, 2.24) is 19.3 Å². The summed E-state index contributed by atoms with van der Waals surface area (Å²) >= 11 is 0. The van der Waals surface area contributed by atoms with Crippen LogP contribution in [0, 0.1) is 34.6 Å². The van der Waals surface area contributed by atoms with Gasteiger partial charge in [0, 0.05) is 60.1 Å². The molecule has 3 aromatic heterocycles. The number of anilines is 1. The molecule has 7 aromatic rings. The van der Waals surface area contributed by atoms with E-state index in [0.29, 0.717) is 5.92 Å². The number of pyridine rings is 1. The third kappa shape index (κ3) is 5.41. The van der Waals surface area contributed by atoms with Gasteiger partial charge in [-0.05, 0) is 123 Å². The predicted molar refractivity (Wildman–Crippen MR) is 200 cm³/mol. The lowest BCUT2D eigenvalue weighted by Crippen LogP contribution is -2.09. The summed E-state index contributed by atoms with van der Waals surface area (Å²) < 4.78 is 11.0. The summed E-state index contributed by atoms with van der Waals surface area (Å²) in [5.74, 6) is 2.75. The van der Waals surface area contributed by atoms with Crippen molar-refractivity contribution >= 4 is 27.5 Å². The summed E-state index contributed by atoms with van der Waals surface area (Å²) in [6.45, 7) is 15.2. The fourth-order valence-electron chi connectivity index (χ4n) is 7.01. The van der Waals surface area contributed by atoms with E-state index >= 15 is 0 Å². The van der Waals surface area contributed by atoms with Gasteiger partial charge in [0.2, 0.25) is 0 Å². The highest BCUT2D eigenvalue weighted by Gasteiger charge is 2.21. The van der Waals surface area contributed by atoms with E-state index in [0.717, 1.165) is 50.8 Å². The molecule has 0 atom stereocenters. The van der Waals surface area contributed by atoms with E-state index in [4.69, 9.17) is 14.8 Å². The van der Waals surface area contributed by atoms with Crippen molar-refractivity contribution in [3.8, 4) is 34.1 Å². The second-order valence-corrected chi connectivity index (χ2v) is 13.5. The van der Waals surface area contributed by atoms with Crippen molar-refractivity contribution in [3.63, 3.8) is 0 Å². The van der Waals surface area contributed by atoms with Crippen LogP contribution < -0.4 is 9.64 Å². The first-order chi connectivity index (χ1) is 23.0. The molecule has 3 heterocycles. The van der Waals surface area contributed by atoms with Gasteiger partial charge in [-0.15, -0.1) is 0 Å². The molecule has 0 saturated carbocycles. The Labute approximate surface area is 283 Å². The Morgan fingerprint density at radius 2 is 1.44 bits per heavy atom. The van der Waals surface area contributed by atoms with Crippen molar-refractivity contribution < 1.29 is 4.74 Å². The highest BCUT2D eigenvalue weighted by Crippen LogP contribution is 2.39. The van der Waals surface area contributed by atoms with Gasteiger partial charge < -0.3 is 9.64 Å². The Balaban J connectivity index is 1.33. The lowest BCUT2D eigenvalue weighted by atomic mass is 9.93. The molecule has 0 amide bonds. The zero-order chi connectivity index (χ0) is 33.9. The number of ether oxygens (including phenoxy) is 1. The van der Waals surface area contributed by atoms with E-state index in [1.807, 2.05) is 12.3 Å². The molecule has 0 fully saturated rings. The lowest BCUT2D eigenvalue weighted by Gasteiger charge is -2.18. The van der Waals surface area contributed by atoms with Gasteiger partial charge in [-0.3, -0.25) is 4.57 Å². The number of aromatic nitrogens is 4. The van der Waals surface area contributed by atoms with Crippen LogP contribution in [0.4, 0.5) is 5.69 Å². The van der Waals surface area contributed by atoms with Gasteiger partial charge in [-0.1, -0.05) is 32.0 Å². The summed E-state index contributed by atoms with van der Waals surface area (Å²) in [7, 11) is 4.17. The molecule has 0 aliphatic heterocycles. The zero-order valence-electron chi connectivity index (χ0n) is 29.4. The maximum atomic E-state index is 6.71. The van der Waals surface area contributed by atoms with Crippen LogP contribution in [0.1, 0.15) is 53.4 Å². The second kappa shape index (κ2) is 12.0. The summed E-state index contributed by atoms with van der Waals surface area (Å²) in [4.78, 5) is 6.90. The Kier molecular flexibility index (Phi) is 7.83. The molecular formula is C42H43N5O. The molecule has 0 N–H and O–H groups in total. The van der Waals surface area contributed by atoms with Gasteiger partial charge >= 0.3 is 0 Å². The maximum absolute atomic E-state index is 6.71. The van der Waals surface area contributed by atoms with E-state index in [9.17, 15) is 0 Å². The summed E-state index contributed by atoms with van der Waals surface area (Å²) in [5, 5.41) is 7.46. The van der Waals surface area contributed by atoms with Crippen molar-refractivity contribution in [1.29, 1.82) is 0 Å². The zero-order valence-corrected chi connectivity index (χ0v) is 29.4. The predicted octanol–water partition coefficient (Wildman–Crippen LogP) is 10.6. The van der Waals surface area contributed by atoms with Crippen LogP contribution in [0.3, 0.4) is 0 Å². The van der Waals surface area contributed by atoms with Gasteiger partial charge in [0.1, 0.15) is 17.3 Å². The third-order valence-electron chi connectivity index (χ3n) is 9.41. The molecule has 48 heavy (non-hydrogen) atoms. The molecule has 0 saturated heterocycles. The van der Waals surface area contributed by atoms with E-state index in [1.54, 1.807) is 0 Å². The van der Waals surface area contributed by atoms with Crippen LogP contribution >= 0.6 is 0 Å². The van der Waals surface area contributed by atoms with Gasteiger partial charge in [0.05, 0.1) is 22.4 Å². The number of aryl methyl sites for hydroxylation is 4. The largest absolute Gasteiger partial charge is 0.457 e. The molecule has 7 rings (SSSR count). The van der Waals surface area contributed by atoms with E-state index in [-0.39, 0.29) is 0 Å². The third-order valence-corrected chi connectivity index (χ3v) is 9.41. The van der Waals surface area contributed by atoms with Crippen LogP contribution in [-0.2, 0) is 0 Å². The van der Waals surface area contributed by atoms with Gasteiger partial charge in [-0.2, -0.15) is 5.10 Å². The summed E-state index contributed by atoms with van der Waals surface area (Å²) in [6.07, 6.45) is 1.87. The first kappa shape index (κ1) is 31.3. The smallest absolute Gasteiger partial charge is 0.137 e. The second-order valence-electron chi connectivity index (χ2n) is 13.5. The number of nitrogens with zero attached hydrogens (tertiary/aromatic N) is 5. The fourth-order valence-corrected chi connectivity index (χ4v) is 7.01. The topological polar surface area (TPSA) is 48.1 Å². The van der Waals surface area contributed by atoms with Crippen molar-refractivity contribution in [3.05, 3.63) is 125 Å². The van der Waals surface area contributed by atoms with Crippen LogP contribution in [0.25, 0.3) is 44.4 Å². The summed E-state index contributed by atoms with van der Waals surface area (Å²) in [6, 6.07) is 30.0. The SMILES string of the molecule is Cc1ccnc(-n2c3ccccc3c3ccc(Oc4cc(C(C)C)cc(-n5nc(C)c(-c6c(C)cc(N(C)C)cc6C)c5C)c4)cc32)c1. The Hall–Kier alpha value is -5.36. The quantitative estimate of drug-likeness (QED) is 0.175. The molecule has 6 heteroatoms. The lowest BCUT2D eigenvalue weighted by molar-refractivity contribution is 0.481. The number of hydrogen-bond donors (Lipinski definition) is 0. The summed E-state index contributed by atoms with van der Waals surface area (Å²) in [5.41, 5.74) is 13.8. The molecule has 0 aliphatic carbocycles. The van der Waals surface area contributed by atoms with Crippen LogP contribution in [0.5, 0.6) is 11.5 Å². The van der Waals surface area contributed by atoms with Crippen molar-refractivity contribution in [2.45, 2.75) is 54.4 Å². The average Bonchev–Trinajstić information content (AvgIpc) is 3.53. The van der Waals surface area contributed by atoms with E-state index < -0.39 is 0 Å². The number of benzene rings is 4. The first-order valence-corrected chi connectivity index (χ1v) is 16.6. The van der Waals surface area contributed by atoms with E-state index in [1.165, 1.54) is 44.5 Å². The minimum Gasteiger partial charge on any atom is -0.457 e.